The van der Waals surface area contributed by atoms with E-state index in [4.69, 9.17) is 5.11 Å². The maximum absolute atomic E-state index is 8.62. The van der Waals surface area contributed by atoms with Crippen LogP contribution in [-0.4, -0.2) is 42.6 Å². The molecule has 0 radical (unpaired) electrons. The summed E-state index contributed by atoms with van der Waals surface area (Å²) < 4.78 is 0.920. The fourth-order valence-electron chi connectivity index (χ4n) is 1.000. The Hall–Kier alpha value is -0.250. The molecule has 12 heavy (non-hydrogen) atoms. The summed E-state index contributed by atoms with van der Waals surface area (Å²) in [6.45, 7) is 1.30. The number of aliphatic hydroxyl groups excluding tert-OH is 1. The van der Waals surface area contributed by atoms with Gasteiger partial charge in [-0.1, -0.05) is 0 Å². The lowest BCUT2D eigenvalue weighted by Gasteiger charge is -2.26. The van der Waals surface area contributed by atoms with Crippen molar-refractivity contribution in [3.05, 3.63) is 23.3 Å². The molecular weight excluding hydrogens is 170 g/mol. The van der Waals surface area contributed by atoms with E-state index in [-0.39, 0.29) is 6.61 Å². The van der Waals surface area contributed by atoms with Gasteiger partial charge in [0.2, 0.25) is 0 Å². The Bertz CT molecular complexity index is 209. The van der Waals surface area contributed by atoms with Crippen LogP contribution in [0.1, 0.15) is 0 Å². The van der Waals surface area contributed by atoms with E-state index in [1.54, 1.807) is 11.8 Å². The van der Waals surface area contributed by atoms with Crippen LogP contribution in [-0.2, 0) is 0 Å². The van der Waals surface area contributed by atoms with Crippen molar-refractivity contribution in [2.24, 2.45) is 0 Å². The summed E-state index contributed by atoms with van der Waals surface area (Å²) in [4.78, 5) is 1.28. The number of nitrogens with zero attached hydrogens (tertiary/aromatic N) is 1. The Balaban J connectivity index is 2.42. The van der Waals surface area contributed by atoms with E-state index in [1.807, 2.05) is 0 Å². The predicted octanol–water partition coefficient (Wildman–Crippen LogP) is 1.20. The molecule has 0 saturated carbocycles. The maximum Gasteiger partial charge on any atom is 0.103 e. The van der Waals surface area contributed by atoms with Crippen LogP contribution in [0.4, 0.5) is 0 Å². The fraction of sp³-hybridized carbons (Fsp3) is 0.556. The fourth-order valence-corrected chi connectivity index (χ4v) is 1.68. The van der Waals surface area contributed by atoms with E-state index < -0.39 is 0 Å². The topological polar surface area (TPSA) is 20.2 Å². The predicted molar refractivity (Wildman–Crippen MR) is 53.7 cm³/mol. The number of hydrogen-bond acceptors (Lipinski definition) is 2. The highest BCUT2D eigenvalue weighted by Crippen LogP contribution is 2.21. The van der Waals surface area contributed by atoms with Gasteiger partial charge in [0.1, 0.15) is 6.54 Å². The third-order valence-electron chi connectivity index (χ3n) is 1.77. The molecule has 0 saturated heterocycles. The third-order valence-corrected chi connectivity index (χ3v) is 2.79. The van der Waals surface area contributed by atoms with Gasteiger partial charge in [-0.2, -0.15) is 0 Å². The molecule has 1 heterocycles. The molecule has 0 aliphatic carbocycles. The smallest absolute Gasteiger partial charge is 0.103 e. The van der Waals surface area contributed by atoms with Crippen molar-refractivity contribution < 1.29 is 9.59 Å². The molecule has 1 rings (SSSR count). The summed E-state index contributed by atoms with van der Waals surface area (Å²) in [6.07, 6.45) is 6.53. The molecule has 1 N–H and O–H groups in total. The van der Waals surface area contributed by atoms with Crippen molar-refractivity contribution in [2.75, 3.05) is 33.0 Å². The number of likely N-dealkylation sites (N-methyl/N-ethyl adjacent to an activating group) is 1. The number of aliphatic hydroxyl groups is 1. The number of allylic oxidation sites excluding steroid dienone is 1. The largest absolute Gasteiger partial charge is 0.396 e. The van der Waals surface area contributed by atoms with Crippen molar-refractivity contribution >= 4 is 11.8 Å². The quantitative estimate of drug-likeness (QED) is 0.668. The van der Waals surface area contributed by atoms with Crippen LogP contribution < -0.4 is 0 Å². The van der Waals surface area contributed by atoms with Gasteiger partial charge in [0, 0.05) is 16.7 Å². The van der Waals surface area contributed by atoms with E-state index in [9.17, 15) is 0 Å². The standard InChI is InChI=1S/C9H16NOS/c1-10(2)5-3-9(4-6-10)12-8-7-11/h3-5,11H,6-8H2,1-2H3/q+1. The summed E-state index contributed by atoms with van der Waals surface area (Å²) in [5.41, 5.74) is 0. The van der Waals surface area contributed by atoms with Crippen molar-refractivity contribution in [2.45, 2.75) is 0 Å². The molecule has 0 aromatic rings. The molecule has 0 atom stereocenters. The van der Waals surface area contributed by atoms with Gasteiger partial charge in [0.25, 0.3) is 0 Å². The minimum Gasteiger partial charge on any atom is -0.396 e. The molecule has 0 aromatic heterocycles. The van der Waals surface area contributed by atoms with Crippen molar-refractivity contribution in [1.29, 1.82) is 0 Å². The first-order valence-electron chi connectivity index (χ1n) is 4.10. The first-order valence-corrected chi connectivity index (χ1v) is 5.08. The SMILES string of the molecule is C[N+]1(C)C=CC(SCCO)=CC1. The highest BCUT2D eigenvalue weighted by molar-refractivity contribution is 8.03. The molecule has 1 aliphatic heterocycles. The van der Waals surface area contributed by atoms with E-state index in [1.165, 1.54) is 4.91 Å². The Morgan fingerprint density at radius 1 is 1.58 bits per heavy atom. The van der Waals surface area contributed by atoms with Gasteiger partial charge in [-0.25, -0.2) is 0 Å². The van der Waals surface area contributed by atoms with Crippen LogP contribution in [0.3, 0.4) is 0 Å². The minimum absolute atomic E-state index is 0.258. The van der Waals surface area contributed by atoms with Gasteiger partial charge >= 0.3 is 0 Å². The highest BCUT2D eigenvalue weighted by atomic mass is 32.2. The summed E-state index contributed by atoms with van der Waals surface area (Å²) in [5, 5.41) is 8.62. The van der Waals surface area contributed by atoms with Crippen LogP contribution in [0.25, 0.3) is 0 Å². The average Bonchev–Trinajstić information content (AvgIpc) is 2.03. The monoisotopic (exact) mass is 186 g/mol. The number of hydrogen-bond donors (Lipinski definition) is 1. The average molecular weight is 186 g/mol. The highest BCUT2D eigenvalue weighted by Gasteiger charge is 2.13. The summed E-state index contributed by atoms with van der Waals surface area (Å²) in [7, 11) is 4.33. The molecule has 0 aromatic carbocycles. The lowest BCUT2D eigenvalue weighted by Crippen LogP contribution is -2.34. The van der Waals surface area contributed by atoms with Crippen LogP contribution in [0.5, 0.6) is 0 Å². The Morgan fingerprint density at radius 2 is 2.33 bits per heavy atom. The minimum atomic E-state index is 0.258. The van der Waals surface area contributed by atoms with Crippen molar-refractivity contribution in [3.8, 4) is 0 Å². The van der Waals surface area contributed by atoms with Gasteiger partial charge in [-0.15, -0.1) is 11.8 Å². The van der Waals surface area contributed by atoms with Gasteiger partial charge in [0.15, 0.2) is 0 Å². The molecule has 0 spiro atoms. The molecule has 2 nitrogen and oxygen atoms in total. The summed E-state index contributed by atoms with van der Waals surface area (Å²) in [5.74, 6) is 0.795. The maximum atomic E-state index is 8.62. The van der Waals surface area contributed by atoms with E-state index in [0.29, 0.717) is 0 Å². The summed E-state index contributed by atoms with van der Waals surface area (Å²) >= 11 is 1.71. The molecule has 3 heteroatoms. The lowest BCUT2D eigenvalue weighted by atomic mass is 10.3. The molecule has 68 valence electrons. The molecular formula is C9H16NOS+. The molecule has 0 unspecified atom stereocenters. The first-order chi connectivity index (χ1) is 5.64. The molecule has 0 amide bonds. The van der Waals surface area contributed by atoms with Gasteiger partial charge in [-0.05, 0) is 6.08 Å². The summed E-state index contributed by atoms with van der Waals surface area (Å²) in [6, 6.07) is 0. The zero-order chi connectivity index (χ0) is 9.03. The van der Waals surface area contributed by atoms with Gasteiger partial charge < -0.3 is 5.11 Å². The van der Waals surface area contributed by atoms with Crippen LogP contribution in [0.15, 0.2) is 23.3 Å². The number of quaternary nitrogens is 1. The van der Waals surface area contributed by atoms with Gasteiger partial charge in [0.05, 0.1) is 26.9 Å². The number of rotatable bonds is 3. The van der Waals surface area contributed by atoms with E-state index >= 15 is 0 Å². The van der Waals surface area contributed by atoms with Crippen molar-refractivity contribution in [3.63, 3.8) is 0 Å². The second kappa shape index (κ2) is 4.12. The Kier molecular flexibility index (Phi) is 3.38. The number of thioether (sulfide) groups is 1. The normalized spacial score (nSPS) is 20.8. The first kappa shape index (κ1) is 9.84. The van der Waals surface area contributed by atoms with Crippen LogP contribution in [0.2, 0.25) is 0 Å². The van der Waals surface area contributed by atoms with Crippen LogP contribution in [0, 0.1) is 0 Å². The zero-order valence-electron chi connectivity index (χ0n) is 7.66. The van der Waals surface area contributed by atoms with E-state index in [0.717, 1.165) is 16.8 Å². The molecule has 0 bridgehead atoms. The second-order valence-electron chi connectivity index (χ2n) is 3.46. The van der Waals surface area contributed by atoms with E-state index in [2.05, 4.69) is 32.4 Å². The third kappa shape index (κ3) is 3.01. The Labute approximate surface area is 78.2 Å². The second-order valence-corrected chi connectivity index (χ2v) is 4.62. The Morgan fingerprint density at radius 3 is 2.83 bits per heavy atom. The van der Waals surface area contributed by atoms with Crippen molar-refractivity contribution in [1.82, 2.24) is 0 Å². The molecule has 0 fully saturated rings. The lowest BCUT2D eigenvalue weighted by molar-refractivity contribution is -0.833. The van der Waals surface area contributed by atoms with Gasteiger partial charge in [-0.3, -0.25) is 4.48 Å². The molecule has 1 aliphatic rings. The van der Waals surface area contributed by atoms with Crippen LogP contribution >= 0.6 is 11.8 Å². The zero-order valence-corrected chi connectivity index (χ0v) is 8.47.